The van der Waals surface area contributed by atoms with Crippen molar-refractivity contribution >= 4 is 5.97 Å². The Kier molecular flexibility index (Phi) is 2.63. The van der Waals surface area contributed by atoms with Gasteiger partial charge in [0.05, 0.1) is 7.11 Å². The van der Waals surface area contributed by atoms with Gasteiger partial charge in [0.15, 0.2) is 0 Å². The summed E-state index contributed by atoms with van der Waals surface area (Å²) in [4.78, 5) is 15.1. The molecule has 1 heterocycles. The van der Waals surface area contributed by atoms with Crippen LogP contribution in [0.3, 0.4) is 0 Å². The molecule has 0 aliphatic rings. The van der Waals surface area contributed by atoms with E-state index in [0.29, 0.717) is 5.56 Å². The topological polar surface area (TPSA) is 65.2 Å². The first-order valence-corrected chi connectivity index (χ1v) is 3.87. The summed E-state index contributed by atoms with van der Waals surface area (Å²) in [5, 5.41) is 0. The highest BCUT2D eigenvalue weighted by atomic mass is 16.5. The predicted molar refractivity (Wildman–Crippen MR) is 47.8 cm³/mol. The Balaban J connectivity index is 3.00. The third-order valence-electron chi connectivity index (χ3n) is 1.87. The fraction of sp³-hybridized carbons (Fsp3) is 0.333. The van der Waals surface area contributed by atoms with E-state index < -0.39 is 11.5 Å². The molecule has 0 spiro atoms. The molecule has 0 saturated heterocycles. The van der Waals surface area contributed by atoms with Gasteiger partial charge < -0.3 is 10.5 Å². The molecule has 1 rings (SSSR count). The maximum atomic E-state index is 11.3. The van der Waals surface area contributed by atoms with Crippen molar-refractivity contribution in [3.63, 3.8) is 0 Å². The molecule has 1 aromatic heterocycles. The lowest BCUT2D eigenvalue weighted by Gasteiger charge is -2.20. The van der Waals surface area contributed by atoms with Gasteiger partial charge in [-0.1, -0.05) is 6.07 Å². The van der Waals surface area contributed by atoms with E-state index in [1.54, 1.807) is 31.5 Å². The Morgan fingerprint density at radius 1 is 1.69 bits per heavy atom. The zero-order chi connectivity index (χ0) is 9.90. The Labute approximate surface area is 76.7 Å². The van der Waals surface area contributed by atoms with Crippen LogP contribution in [0.1, 0.15) is 12.5 Å². The summed E-state index contributed by atoms with van der Waals surface area (Å²) in [5.41, 5.74) is 5.30. The smallest absolute Gasteiger partial charge is 0.330 e. The van der Waals surface area contributed by atoms with Crippen LogP contribution in [0.2, 0.25) is 0 Å². The van der Waals surface area contributed by atoms with Gasteiger partial charge in [-0.05, 0) is 13.0 Å². The molecule has 0 bridgehead atoms. The standard InChI is InChI=1S/C9H12N2O2/c1-9(10,8(12)13-2)7-4-3-5-11-6-7/h3-6H,10H2,1-2H3/t9-/m0/s1. The molecule has 1 aromatic rings. The molecule has 1 atom stereocenters. The van der Waals surface area contributed by atoms with Crippen molar-refractivity contribution in [1.82, 2.24) is 4.98 Å². The van der Waals surface area contributed by atoms with E-state index >= 15 is 0 Å². The van der Waals surface area contributed by atoms with E-state index in [0.717, 1.165) is 0 Å². The summed E-state index contributed by atoms with van der Waals surface area (Å²) in [5.74, 6) is -0.472. The first-order valence-electron chi connectivity index (χ1n) is 3.87. The Hall–Kier alpha value is -1.42. The van der Waals surface area contributed by atoms with Crippen LogP contribution in [0.25, 0.3) is 0 Å². The maximum absolute atomic E-state index is 11.3. The van der Waals surface area contributed by atoms with Crippen LogP contribution in [0.5, 0.6) is 0 Å². The molecule has 0 aliphatic carbocycles. The highest BCUT2D eigenvalue weighted by Gasteiger charge is 2.31. The second kappa shape index (κ2) is 3.53. The summed E-state index contributed by atoms with van der Waals surface area (Å²) in [6.45, 7) is 1.59. The number of hydrogen-bond acceptors (Lipinski definition) is 4. The van der Waals surface area contributed by atoms with Crippen molar-refractivity contribution in [3.8, 4) is 0 Å². The molecular formula is C9H12N2O2. The largest absolute Gasteiger partial charge is 0.467 e. The second-order valence-corrected chi connectivity index (χ2v) is 2.94. The van der Waals surface area contributed by atoms with Crippen molar-refractivity contribution in [3.05, 3.63) is 30.1 Å². The van der Waals surface area contributed by atoms with Crippen LogP contribution in [-0.2, 0) is 15.1 Å². The lowest BCUT2D eigenvalue weighted by Crippen LogP contribution is -2.42. The van der Waals surface area contributed by atoms with Crippen LogP contribution in [0.4, 0.5) is 0 Å². The van der Waals surface area contributed by atoms with Gasteiger partial charge in [-0.15, -0.1) is 0 Å². The predicted octanol–water partition coefficient (Wildman–Crippen LogP) is 0.428. The first-order chi connectivity index (χ1) is 6.09. The summed E-state index contributed by atoms with van der Waals surface area (Å²) < 4.78 is 4.58. The van der Waals surface area contributed by atoms with Gasteiger partial charge in [0.2, 0.25) is 0 Å². The molecule has 70 valence electrons. The maximum Gasteiger partial charge on any atom is 0.330 e. The zero-order valence-electron chi connectivity index (χ0n) is 7.65. The average molecular weight is 180 g/mol. The lowest BCUT2D eigenvalue weighted by atomic mass is 9.95. The number of ether oxygens (including phenoxy) is 1. The van der Waals surface area contributed by atoms with Crippen LogP contribution >= 0.6 is 0 Å². The number of nitrogens with zero attached hydrogens (tertiary/aromatic N) is 1. The van der Waals surface area contributed by atoms with Gasteiger partial charge in [0.25, 0.3) is 0 Å². The molecule has 4 heteroatoms. The summed E-state index contributed by atoms with van der Waals surface area (Å²) in [6, 6.07) is 3.47. The van der Waals surface area contributed by atoms with Crippen LogP contribution in [-0.4, -0.2) is 18.1 Å². The van der Waals surface area contributed by atoms with Crippen molar-refractivity contribution in [2.45, 2.75) is 12.5 Å². The quantitative estimate of drug-likeness (QED) is 0.670. The van der Waals surface area contributed by atoms with Gasteiger partial charge in [-0.2, -0.15) is 0 Å². The van der Waals surface area contributed by atoms with Gasteiger partial charge in [-0.3, -0.25) is 4.98 Å². The summed E-state index contributed by atoms with van der Waals surface area (Å²) in [6.07, 6.45) is 3.17. The third kappa shape index (κ3) is 1.84. The molecule has 0 unspecified atom stereocenters. The van der Waals surface area contributed by atoms with E-state index in [4.69, 9.17) is 5.73 Å². The van der Waals surface area contributed by atoms with E-state index in [-0.39, 0.29) is 0 Å². The monoisotopic (exact) mass is 180 g/mol. The number of rotatable bonds is 2. The van der Waals surface area contributed by atoms with Crippen LogP contribution in [0, 0.1) is 0 Å². The molecule has 0 aromatic carbocycles. The summed E-state index contributed by atoms with van der Waals surface area (Å²) in [7, 11) is 1.31. The first kappa shape index (κ1) is 9.67. The number of nitrogens with two attached hydrogens (primary N) is 1. The molecule has 0 radical (unpaired) electrons. The molecule has 4 nitrogen and oxygen atoms in total. The minimum Gasteiger partial charge on any atom is -0.467 e. The van der Waals surface area contributed by atoms with Crippen molar-refractivity contribution in [2.24, 2.45) is 5.73 Å². The van der Waals surface area contributed by atoms with Crippen molar-refractivity contribution in [2.75, 3.05) is 7.11 Å². The van der Waals surface area contributed by atoms with E-state index in [1.807, 2.05) is 0 Å². The van der Waals surface area contributed by atoms with Gasteiger partial charge in [0.1, 0.15) is 5.54 Å². The number of hydrogen-bond donors (Lipinski definition) is 1. The fourth-order valence-corrected chi connectivity index (χ4v) is 1.000. The molecular weight excluding hydrogens is 168 g/mol. The Morgan fingerprint density at radius 2 is 2.38 bits per heavy atom. The van der Waals surface area contributed by atoms with E-state index in [2.05, 4.69) is 9.72 Å². The number of carbonyl (C=O) groups excluding carboxylic acids is 1. The molecule has 0 amide bonds. The molecule has 13 heavy (non-hydrogen) atoms. The molecule has 0 aliphatic heterocycles. The molecule has 2 N–H and O–H groups in total. The zero-order valence-corrected chi connectivity index (χ0v) is 7.65. The minimum absolute atomic E-state index is 0.472. The molecule has 0 saturated carbocycles. The number of methoxy groups -OCH3 is 1. The fourth-order valence-electron chi connectivity index (χ4n) is 1.000. The van der Waals surface area contributed by atoms with Gasteiger partial charge in [-0.25, -0.2) is 4.79 Å². The third-order valence-corrected chi connectivity index (χ3v) is 1.87. The number of pyridine rings is 1. The number of esters is 1. The average Bonchev–Trinajstić information content (AvgIpc) is 2.18. The van der Waals surface area contributed by atoms with Gasteiger partial charge >= 0.3 is 5.97 Å². The summed E-state index contributed by atoms with van der Waals surface area (Å²) >= 11 is 0. The van der Waals surface area contributed by atoms with Crippen molar-refractivity contribution < 1.29 is 9.53 Å². The number of aromatic nitrogens is 1. The van der Waals surface area contributed by atoms with E-state index in [9.17, 15) is 4.79 Å². The highest BCUT2D eigenvalue weighted by Crippen LogP contribution is 2.17. The van der Waals surface area contributed by atoms with Crippen molar-refractivity contribution in [1.29, 1.82) is 0 Å². The lowest BCUT2D eigenvalue weighted by molar-refractivity contribution is -0.146. The minimum atomic E-state index is -1.12. The Morgan fingerprint density at radius 3 is 2.85 bits per heavy atom. The van der Waals surface area contributed by atoms with E-state index in [1.165, 1.54) is 7.11 Å². The number of carbonyl (C=O) groups is 1. The second-order valence-electron chi connectivity index (χ2n) is 2.94. The SMILES string of the molecule is COC(=O)[C@@](C)(N)c1cccnc1. The Bertz CT molecular complexity index is 296. The normalized spacial score (nSPS) is 14.7. The molecule has 0 fully saturated rings. The van der Waals surface area contributed by atoms with Gasteiger partial charge in [0, 0.05) is 18.0 Å². The van der Waals surface area contributed by atoms with Crippen LogP contribution in [0.15, 0.2) is 24.5 Å². The highest BCUT2D eigenvalue weighted by molar-refractivity contribution is 5.81. The van der Waals surface area contributed by atoms with Crippen LogP contribution < -0.4 is 5.73 Å².